The highest BCUT2D eigenvalue weighted by Crippen LogP contribution is 2.30. The molecule has 0 bridgehead atoms. The zero-order chi connectivity index (χ0) is 13.1. The molecule has 1 aromatic rings. The smallest absolute Gasteiger partial charge is 0.416 e. The van der Waals surface area contributed by atoms with E-state index in [0.29, 0.717) is 6.42 Å². The number of rotatable bonds is 3. The van der Waals surface area contributed by atoms with Crippen LogP contribution in [-0.4, -0.2) is 5.97 Å². The number of carbonyl (C=O) groups is 1. The minimum absolute atomic E-state index is 0. The molecule has 0 radical (unpaired) electrons. The van der Waals surface area contributed by atoms with Gasteiger partial charge in [-0.2, -0.15) is 13.2 Å². The highest BCUT2D eigenvalue weighted by Gasteiger charge is 2.30. The molecule has 0 N–H and O–H groups in total. The highest BCUT2D eigenvalue weighted by molar-refractivity contribution is 5.85. The lowest BCUT2D eigenvalue weighted by molar-refractivity contribution is -0.138. The number of ether oxygens (including phenoxy) is 1. The summed E-state index contributed by atoms with van der Waals surface area (Å²) in [5, 5.41) is 0. The molecule has 18 heavy (non-hydrogen) atoms. The third-order valence-electron chi connectivity index (χ3n) is 2.41. The summed E-state index contributed by atoms with van der Waals surface area (Å²) in [7, 11) is 0. The lowest BCUT2D eigenvalue weighted by Crippen LogP contribution is -2.17. The first-order valence-corrected chi connectivity index (χ1v) is 5.23. The Morgan fingerprint density at radius 3 is 2.17 bits per heavy atom. The average Bonchev–Trinajstić information content (AvgIpc) is 2.27. The van der Waals surface area contributed by atoms with Gasteiger partial charge >= 0.3 is 12.1 Å². The normalized spacial score (nSPS) is 12.5. The van der Waals surface area contributed by atoms with Crippen LogP contribution in [-0.2, 0) is 11.0 Å². The summed E-state index contributed by atoms with van der Waals surface area (Å²) in [5.41, 5.74) is -0.763. The standard InChI is InChI=1S/C12H13F3O2.ClH/c1-3-8(2)11(16)17-10-6-4-9(5-7-10)12(13,14)15;/h4-8H,3H2,1-2H3;1H. The zero-order valence-corrected chi connectivity index (χ0v) is 10.8. The van der Waals surface area contributed by atoms with Crippen LogP contribution >= 0.6 is 12.4 Å². The number of halogens is 4. The van der Waals surface area contributed by atoms with Gasteiger partial charge in [0, 0.05) is 0 Å². The molecule has 1 rings (SSSR count). The summed E-state index contributed by atoms with van der Waals surface area (Å²) in [4.78, 5) is 11.4. The fraction of sp³-hybridized carbons (Fsp3) is 0.417. The number of hydrogen-bond acceptors (Lipinski definition) is 2. The molecule has 0 aromatic heterocycles. The second kappa shape index (κ2) is 6.64. The first-order valence-electron chi connectivity index (χ1n) is 5.23. The molecule has 1 atom stereocenters. The average molecular weight is 283 g/mol. The van der Waals surface area contributed by atoms with Gasteiger partial charge in [-0.3, -0.25) is 4.79 Å². The van der Waals surface area contributed by atoms with Crippen molar-refractivity contribution in [2.24, 2.45) is 5.92 Å². The van der Waals surface area contributed by atoms with Crippen molar-refractivity contribution >= 4 is 18.4 Å². The van der Waals surface area contributed by atoms with Crippen molar-refractivity contribution < 1.29 is 22.7 Å². The van der Waals surface area contributed by atoms with Crippen LogP contribution in [0, 0.1) is 5.92 Å². The minimum Gasteiger partial charge on any atom is -0.426 e. The van der Waals surface area contributed by atoms with E-state index in [1.54, 1.807) is 6.92 Å². The third-order valence-corrected chi connectivity index (χ3v) is 2.41. The lowest BCUT2D eigenvalue weighted by Gasteiger charge is -2.10. The van der Waals surface area contributed by atoms with Crippen LogP contribution in [0.2, 0.25) is 0 Å². The maximum Gasteiger partial charge on any atom is 0.416 e. The molecule has 0 heterocycles. The number of hydrogen-bond donors (Lipinski definition) is 0. The summed E-state index contributed by atoms with van der Waals surface area (Å²) in [5.74, 6) is -0.576. The Balaban J connectivity index is 0.00000289. The SMILES string of the molecule is CCC(C)C(=O)Oc1ccc(C(F)(F)F)cc1.Cl. The molecule has 1 aromatic carbocycles. The van der Waals surface area contributed by atoms with Gasteiger partial charge in [0.25, 0.3) is 0 Å². The van der Waals surface area contributed by atoms with Crippen LogP contribution in [0.3, 0.4) is 0 Å². The van der Waals surface area contributed by atoms with Gasteiger partial charge in [0.05, 0.1) is 11.5 Å². The largest absolute Gasteiger partial charge is 0.426 e. The quantitative estimate of drug-likeness (QED) is 0.617. The van der Waals surface area contributed by atoms with Crippen LogP contribution in [0.15, 0.2) is 24.3 Å². The first-order chi connectivity index (χ1) is 7.84. The van der Waals surface area contributed by atoms with E-state index in [0.717, 1.165) is 24.3 Å². The van der Waals surface area contributed by atoms with Crippen LogP contribution in [0.1, 0.15) is 25.8 Å². The predicted molar refractivity (Wildman–Crippen MR) is 63.8 cm³/mol. The van der Waals surface area contributed by atoms with E-state index in [1.165, 1.54) is 0 Å². The Kier molecular flexibility index (Phi) is 6.18. The van der Waals surface area contributed by atoms with Crippen molar-refractivity contribution in [1.82, 2.24) is 0 Å². The predicted octanol–water partition coefficient (Wildman–Crippen LogP) is 4.08. The van der Waals surface area contributed by atoms with E-state index in [-0.39, 0.29) is 24.1 Å². The number of alkyl halides is 3. The van der Waals surface area contributed by atoms with E-state index in [9.17, 15) is 18.0 Å². The van der Waals surface area contributed by atoms with E-state index < -0.39 is 17.7 Å². The topological polar surface area (TPSA) is 26.3 Å². The van der Waals surface area contributed by atoms with Gasteiger partial charge < -0.3 is 4.74 Å². The molecule has 0 aliphatic heterocycles. The molecular formula is C12H14ClF3O2. The summed E-state index contributed by atoms with van der Waals surface area (Å²) in [6.07, 6.45) is -3.75. The molecule has 6 heteroatoms. The maximum atomic E-state index is 12.3. The molecular weight excluding hydrogens is 269 g/mol. The fourth-order valence-electron chi connectivity index (χ4n) is 1.10. The van der Waals surface area contributed by atoms with Crippen molar-refractivity contribution in [1.29, 1.82) is 0 Å². The van der Waals surface area contributed by atoms with Crippen molar-refractivity contribution in [3.63, 3.8) is 0 Å². The monoisotopic (exact) mass is 282 g/mol. The Labute approximate surface area is 110 Å². The molecule has 1 unspecified atom stereocenters. The molecule has 0 saturated carbocycles. The molecule has 0 aliphatic rings. The number of carbonyl (C=O) groups excluding carboxylic acids is 1. The first kappa shape index (κ1) is 16.8. The second-order valence-corrected chi connectivity index (χ2v) is 3.75. The van der Waals surface area contributed by atoms with Crippen molar-refractivity contribution in [3.05, 3.63) is 29.8 Å². The zero-order valence-electron chi connectivity index (χ0n) is 9.95. The number of benzene rings is 1. The molecule has 102 valence electrons. The summed E-state index contributed by atoms with van der Waals surface area (Å²) in [6, 6.07) is 4.06. The molecule has 0 saturated heterocycles. The lowest BCUT2D eigenvalue weighted by atomic mass is 10.1. The van der Waals surface area contributed by atoms with Crippen LogP contribution in [0.25, 0.3) is 0 Å². The number of esters is 1. The maximum absolute atomic E-state index is 12.3. The molecule has 2 nitrogen and oxygen atoms in total. The van der Waals surface area contributed by atoms with Gasteiger partial charge in [0.2, 0.25) is 0 Å². The van der Waals surface area contributed by atoms with Gasteiger partial charge in [0.1, 0.15) is 5.75 Å². The third kappa shape index (κ3) is 4.56. The van der Waals surface area contributed by atoms with Gasteiger partial charge in [-0.1, -0.05) is 13.8 Å². The molecule has 0 spiro atoms. The Bertz CT molecular complexity index is 387. The van der Waals surface area contributed by atoms with E-state index in [1.807, 2.05) is 6.92 Å². The minimum atomic E-state index is -4.38. The Hall–Kier alpha value is -1.23. The fourth-order valence-corrected chi connectivity index (χ4v) is 1.10. The van der Waals surface area contributed by atoms with E-state index in [4.69, 9.17) is 4.74 Å². The van der Waals surface area contributed by atoms with Gasteiger partial charge in [0.15, 0.2) is 0 Å². The van der Waals surface area contributed by atoms with Crippen molar-refractivity contribution in [2.75, 3.05) is 0 Å². The highest BCUT2D eigenvalue weighted by atomic mass is 35.5. The molecule has 0 aliphatic carbocycles. The second-order valence-electron chi connectivity index (χ2n) is 3.75. The Morgan fingerprint density at radius 2 is 1.78 bits per heavy atom. The van der Waals surface area contributed by atoms with Gasteiger partial charge in [-0.25, -0.2) is 0 Å². The van der Waals surface area contributed by atoms with Gasteiger partial charge in [-0.05, 0) is 30.7 Å². The van der Waals surface area contributed by atoms with Crippen LogP contribution in [0.4, 0.5) is 13.2 Å². The Morgan fingerprint density at radius 1 is 1.28 bits per heavy atom. The van der Waals surface area contributed by atoms with E-state index in [2.05, 4.69) is 0 Å². The summed E-state index contributed by atoms with van der Waals surface area (Å²) >= 11 is 0. The van der Waals surface area contributed by atoms with Crippen LogP contribution < -0.4 is 4.74 Å². The van der Waals surface area contributed by atoms with Crippen molar-refractivity contribution in [3.8, 4) is 5.75 Å². The summed E-state index contributed by atoms with van der Waals surface area (Å²) in [6.45, 7) is 3.53. The molecule has 0 amide bonds. The van der Waals surface area contributed by atoms with Crippen molar-refractivity contribution in [2.45, 2.75) is 26.4 Å². The van der Waals surface area contributed by atoms with E-state index >= 15 is 0 Å². The van der Waals surface area contributed by atoms with Crippen LogP contribution in [0.5, 0.6) is 5.75 Å². The summed E-state index contributed by atoms with van der Waals surface area (Å²) < 4.78 is 41.7. The molecule has 0 fully saturated rings. The van der Waals surface area contributed by atoms with Gasteiger partial charge in [-0.15, -0.1) is 12.4 Å².